The van der Waals surface area contributed by atoms with Gasteiger partial charge in [-0.3, -0.25) is 0 Å². The lowest BCUT2D eigenvalue weighted by molar-refractivity contribution is 0.229. The van der Waals surface area contributed by atoms with Crippen molar-refractivity contribution in [2.45, 2.75) is 57.5 Å². The van der Waals surface area contributed by atoms with E-state index in [1.165, 1.54) is 24.1 Å². The van der Waals surface area contributed by atoms with E-state index in [9.17, 15) is 4.79 Å². The van der Waals surface area contributed by atoms with E-state index < -0.39 is 0 Å². The van der Waals surface area contributed by atoms with Crippen LogP contribution in [0.25, 0.3) is 0 Å². The minimum Gasteiger partial charge on any atom is -0.335 e. The molecule has 0 aliphatic heterocycles. The molecular formula is C14H22N2OS. The van der Waals surface area contributed by atoms with Crippen LogP contribution in [0.4, 0.5) is 4.79 Å². The lowest BCUT2D eigenvalue weighted by Gasteiger charge is -2.24. The van der Waals surface area contributed by atoms with Crippen molar-refractivity contribution in [2.24, 2.45) is 0 Å². The van der Waals surface area contributed by atoms with Crippen molar-refractivity contribution >= 4 is 17.4 Å². The summed E-state index contributed by atoms with van der Waals surface area (Å²) in [4.78, 5) is 13.2. The fourth-order valence-electron chi connectivity index (χ4n) is 2.48. The van der Waals surface area contributed by atoms with Gasteiger partial charge in [-0.2, -0.15) is 0 Å². The number of hydrogen-bond donors (Lipinski definition) is 2. The average Bonchev–Trinajstić information content (AvgIpc) is 2.82. The molecule has 18 heavy (non-hydrogen) atoms. The Morgan fingerprint density at radius 3 is 2.89 bits per heavy atom. The molecule has 1 aromatic rings. The first-order chi connectivity index (χ1) is 8.74. The smallest absolute Gasteiger partial charge is 0.315 e. The Morgan fingerprint density at radius 1 is 1.44 bits per heavy atom. The number of urea groups is 1. The summed E-state index contributed by atoms with van der Waals surface area (Å²) in [6, 6.07) is 4.72. The second kappa shape index (κ2) is 6.78. The molecule has 0 aromatic carbocycles. The van der Waals surface area contributed by atoms with Gasteiger partial charge in [-0.05, 0) is 31.2 Å². The van der Waals surface area contributed by atoms with Crippen LogP contribution >= 0.6 is 11.3 Å². The van der Waals surface area contributed by atoms with Crippen LogP contribution in [-0.4, -0.2) is 18.1 Å². The van der Waals surface area contributed by atoms with Crippen molar-refractivity contribution in [2.75, 3.05) is 0 Å². The topological polar surface area (TPSA) is 41.1 Å². The molecule has 1 heterocycles. The van der Waals surface area contributed by atoms with E-state index in [2.05, 4.69) is 35.1 Å². The summed E-state index contributed by atoms with van der Waals surface area (Å²) in [5.41, 5.74) is 0. The summed E-state index contributed by atoms with van der Waals surface area (Å²) in [6.45, 7) is 2.06. The molecule has 100 valence electrons. The van der Waals surface area contributed by atoms with E-state index in [4.69, 9.17) is 0 Å². The highest BCUT2D eigenvalue weighted by Crippen LogP contribution is 2.17. The number of amides is 2. The monoisotopic (exact) mass is 266 g/mol. The summed E-state index contributed by atoms with van der Waals surface area (Å²) in [6.07, 6.45) is 6.98. The maximum Gasteiger partial charge on any atom is 0.315 e. The van der Waals surface area contributed by atoms with Crippen molar-refractivity contribution in [3.63, 3.8) is 0 Å². The Balaban J connectivity index is 1.69. The number of hydrogen-bond acceptors (Lipinski definition) is 2. The molecule has 1 atom stereocenters. The molecule has 0 bridgehead atoms. The van der Waals surface area contributed by atoms with Crippen molar-refractivity contribution in [3.05, 3.63) is 22.4 Å². The molecule has 3 nitrogen and oxygen atoms in total. The maximum atomic E-state index is 11.8. The Morgan fingerprint density at radius 2 is 2.22 bits per heavy atom. The molecule has 1 fully saturated rings. The largest absolute Gasteiger partial charge is 0.335 e. The van der Waals surface area contributed by atoms with Crippen LogP contribution in [0, 0.1) is 0 Å². The van der Waals surface area contributed by atoms with Gasteiger partial charge < -0.3 is 10.6 Å². The highest BCUT2D eigenvalue weighted by molar-refractivity contribution is 7.09. The average molecular weight is 266 g/mol. The fraction of sp³-hybridized carbons (Fsp3) is 0.643. The van der Waals surface area contributed by atoms with Gasteiger partial charge in [0.25, 0.3) is 0 Å². The van der Waals surface area contributed by atoms with Crippen molar-refractivity contribution < 1.29 is 4.79 Å². The van der Waals surface area contributed by atoms with E-state index in [1.807, 2.05) is 0 Å². The Hall–Kier alpha value is -1.03. The van der Waals surface area contributed by atoms with E-state index in [1.54, 1.807) is 11.3 Å². The van der Waals surface area contributed by atoms with Crippen LogP contribution in [0.3, 0.4) is 0 Å². The predicted octanol–water partition coefficient (Wildman–Crippen LogP) is 3.31. The summed E-state index contributed by atoms with van der Waals surface area (Å²) in [5.74, 6) is 0. The van der Waals surface area contributed by atoms with Gasteiger partial charge in [-0.1, -0.05) is 25.3 Å². The quantitative estimate of drug-likeness (QED) is 0.862. The van der Waals surface area contributed by atoms with Gasteiger partial charge in [0.2, 0.25) is 0 Å². The van der Waals surface area contributed by atoms with Crippen LogP contribution in [0.2, 0.25) is 0 Å². The van der Waals surface area contributed by atoms with Gasteiger partial charge in [0.1, 0.15) is 0 Å². The van der Waals surface area contributed by atoms with Gasteiger partial charge in [0.15, 0.2) is 0 Å². The summed E-state index contributed by atoms with van der Waals surface area (Å²) in [7, 11) is 0. The molecule has 0 saturated heterocycles. The van der Waals surface area contributed by atoms with Crippen LogP contribution in [-0.2, 0) is 6.42 Å². The standard InChI is InChI=1S/C14H22N2OS/c1-11(10-13-8-5-9-18-13)15-14(17)16-12-6-3-2-4-7-12/h5,8-9,11-12H,2-4,6-7,10H2,1H3,(H2,15,16,17)/t11-/m1/s1. The third-order valence-corrected chi connectivity index (χ3v) is 4.30. The number of nitrogens with one attached hydrogen (secondary N) is 2. The van der Waals surface area contributed by atoms with Crippen LogP contribution in [0.15, 0.2) is 17.5 Å². The lowest BCUT2D eigenvalue weighted by atomic mass is 9.96. The van der Waals surface area contributed by atoms with Gasteiger partial charge >= 0.3 is 6.03 Å². The molecule has 4 heteroatoms. The number of carbonyl (C=O) groups excluding carboxylic acids is 1. The molecule has 2 rings (SSSR count). The first kappa shape index (κ1) is 13.4. The third-order valence-electron chi connectivity index (χ3n) is 3.41. The van der Waals surface area contributed by atoms with Gasteiger partial charge in [0, 0.05) is 23.4 Å². The Kier molecular flexibility index (Phi) is 5.05. The molecule has 2 amide bonds. The highest BCUT2D eigenvalue weighted by atomic mass is 32.1. The van der Waals surface area contributed by atoms with Crippen LogP contribution in [0.5, 0.6) is 0 Å². The van der Waals surface area contributed by atoms with E-state index in [-0.39, 0.29) is 12.1 Å². The second-order valence-electron chi connectivity index (χ2n) is 5.14. The predicted molar refractivity (Wildman–Crippen MR) is 76.0 cm³/mol. The molecule has 0 unspecified atom stereocenters. The van der Waals surface area contributed by atoms with Crippen molar-refractivity contribution in [1.82, 2.24) is 10.6 Å². The normalized spacial score (nSPS) is 18.3. The molecular weight excluding hydrogens is 244 g/mol. The molecule has 0 radical (unpaired) electrons. The Labute approximate surface area is 113 Å². The van der Waals surface area contributed by atoms with E-state index >= 15 is 0 Å². The third kappa shape index (κ3) is 4.33. The molecule has 1 aliphatic carbocycles. The molecule has 0 spiro atoms. The van der Waals surface area contributed by atoms with Crippen LogP contribution < -0.4 is 10.6 Å². The van der Waals surface area contributed by atoms with Crippen molar-refractivity contribution in [1.29, 1.82) is 0 Å². The number of carbonyl (C=O) groups is 1. The van der Waals surface area contributed by atoms with Gasteiger partial charge in [-0.15, -0.1) is 11.3 Å². The summed E-state index contributed by atoms with van der Waals surface area (Å²) >= 11 is 1.74. The zero-order chi connectivity index (χ0) is 12.8. The van der Waals surface area contributed by atoms with Gasteiger partial charge in [-0.25, -0.2) is 4.79 Å². The molecule has 1 aromatic heterocycles. The number of rotatable bonds is 4. The maximum absolute atomic E-state index is 11.8. The first-order valence-corrected chi connectivity index (χ1v) is 7.71. The number of thiophene rings is 1. The van der Waals surface area contributed by atoms with Crippen molar-refractivity contribution in [3.8, 4) is 0 Å². The first-order valence-electron chi connectivity index (χ1n) is 6.83. The fourth-order valence-corrected chi connectivity index (χ4v) is 3.31. The SMILES string of the molecule is C[C@H](Cc1cccs1)NC(=O)NC1CCCCC1. The summed E-state index contributed by atoms with van der Waals surface area (Å²) < 4.78 is 0. The minimum absolute atomic E-state index is 0.00837. The Bertz CT molecular complexity index is 358. The second-order valence-corrected chi connectivity index (χ2v) is 6.17. The minimum atomic E-state index is -0.00837. The molecule has 2 N–H and O–H groups in total. The molecule has 1 aliphatic rings. The summed E-state index contributed by atoms with van der Waals surface area (Å²) in [5, 5.41) is 8.18. The lowest BCUT2D eigenvalue weighted by Crippen LogP contribution is -2.46. The van der Waals surface area contributed by atoms with Gasteiger partial charge in [0.05, 0.1) is 0 Å². The van der Waals surface area contributed by atoms with E-state index in [0.717, 1.165) is 19.3 Å². The van der Waals surface area contributed by atoms with Crippen LogP contribution in [0.1, 0.15) is 43.9 Å². The highest BCUT2D eigenvalue weighted by Gasteiger charge is 2.16. The zero-order valence-corrected chi connectivity index (χ0v) is 11.8. The zero-order valence-electron chi connectivity index (χ0n) is 10.9. The van der Waals surface area contributed by atoms with E-state index in [0.29, 0.717) is 6.04 Å². The molecule has 1 saturated carbocycles.